The average molecular weight is 403 g/mol. The largest absolute Gasteiger partial charge is 0.511 e. The zero-order valence-electron chi connectivity index (χ0n) is 16.5. The van der Waals surface area contributed by atoms with E-state index in [1.165, 1.54) is 12.1 Å². The minimum absolute atomic E-state index is 0.00785. The molecule has 0 bridgehead atoms. The number of amides is 1. The van der Waals surface area contributed by atoms with E-state index in [1.807, 2.05) is 0 Å². The van der Waals surface area contributed by atoms with E-state index in [0.29, 0.717) is 25.4 Å². The average Bonchev–Trinajstić information content (AvgIpc) is 2.68. The van der Waals surface area contributed by atoms with E-state index in [-0.39, 0.29) is 42.3 Å². The number of carbonyl (C=O) groups excluding carboxylic acids is 3. The SMILES string of the molecule is C[C@@H]1CC(=O)/C(=C(\O)CCCC(=O)N2CCC(c3ccc(F)cc3)CC2)C(=O)O1. The highest BCUT2D eigenvalue weighted by Crippen LogP contribution is 2.28. The van der Waals surface area contributed by atoms with Crippen molar-refractivity contribution in [2.75, 3.05) is 13.1 Å². The second kappa shape index (κ2) is 9.20. The third-order valence-electron chi connectivity index (χ3n) is 5.55. The van der Waals surface area contributed by atoms with Crippen LogP contribution >= 0.6 is 0 Å². The lowest BCUT2D eigenvalue weighted by Crippen LogP contribution is -2.37. The van der Waals surface area contributed by atoms with Crippen LogP contribution in [0.3, 0.4) is 0 Å². The summed E-state index contributed by atoms with van der Waals surface area (Å²) in [6.45, 7) is 2.90. The molecule has 0 aromatic heterocycles. The van der Waals surface area contributed by atoms with E-state index in [0.717, 1.165) is 18.4 Å². The highest BCUT2D eigenvalue weighted by atomic mass is 19.1. The van der Waals surface area contributed by atoms with Gasteiger partial charge < -0.3 is 14.7 Å². The fraction of sp³-hybridized carbons (Fsp3) is 0.500. The van der Waals surface area contributed by atoms with Gasteiger partial charge in [-0.25, -0.2) is 9.18 Å². The fourth-order valence-electron chi connectivity index (χ4n) is 3.93. The zero-order chi connectivity index (χ0) is 21.0. The molecule has 3 rings (SSSR count). The van der Waals surface area contributed by atoms with Crippen LogP contribution in [0.1, 0.15) is 56.9 Å². The van der Waals surface area contributed by atoms with Crippen LogP contribution in [0.2, 0.25) is 0 Å². The van der Waals surface area contributed by atoms with Gasteiger partial charge in [0, 0.05) is 32.4 Å². The third kappa shape index (κ3) is 5.22. The van der Waals surface area contributed by atoms with E-state index >= 15 is 0 Å². The number of ether oxygens (including phenoxy) is 1. The van der Waals surface area contributed by atoms with E-state index in [2.05, 4.69) is 0 Å². The van der Waals surface area contributed by atoms with Gasteiger partial charge in [0.1, 0.15) is 23.3 Å². The van der Waals surface area contributed by atoms with Gasteiger partial charge in [0.15, 0.2) is 5.78 Å². The van der Waals surface area contributed by atoms with Crippen LogP contribution in [0.4, 0.5) is 4.39 Å². The number of carbonyl (C=O) groups is 3. The molecule has 2 heterocycles. The quantitative estimate of drug-likeness (QED) is 0.352. The molecule has 7 heteroatoms. The van der Waals surface area contributed by atoms with Crippen LogP contribution < -0.4 is 0 Å². The Bertz CT molecular complexity index is 789. The van der Waals surface area contributed by atoms with Crippen molar-refractivity contribution in [3.63, 3.8) is 0 Å². The van der Waals surface area contributed by atoms with Crippen molar-refractivity contribution in [2.24, 2.45) is 0 Å². The van der Waals surface area contributed by atoms with Gasteiger partial charge in [-0.05, 0) is 49.8 Å². The van der Waals surface area contributed by atoms with Crippen molar-refractivity contribution in [1.82, 2.24) is 4.90 Å². The first-order valence-electron chi connectivity index (χ1n) is 10.0. The summed E-state index contributed by atoms with van der Waals surface area (Å²) in [7, 11) is 0. The number of benzene rings is 1. The molecule has 0 saturated carbocycles. The summed E-state index contributed by atoms with van der Waals surface area (Å²) in [6.07, 6.45) is 1.90. The topological polar surface area (TPSA) is 83.9 Å². The molecule has 0 aliphatic carbocycles. The number of cyclic esters (lactones) is 1. The van der Waals surface area contributed by atoms with Crippen LogP contribution in [-0.4, -0.2) is 46.9 Å². The molecular formula is C22H26FNO5. The number of aliphatic hydroxyl groups excluding tert-OH is 1. The first-order chi connectivity index (χ1) is 13.8. The smallest absolute Gasteiger partial charge is 0.345 e. The summed E-state index contributed by atoms with van der Waals surface area (Å²) in [5.41, 5.74) is 0.809. The molecule has 1 atom stereocenters. The van der Waals surface area contributed by atoms with Gasteiger partial charge >= 0.3 is 5.97 Å². The number of halogens is 1. The minimum atomic E-state index is -0.791. The van der Waals surface area contributed by atoms with Crippen molar-refractivity contribution < 1.29 is 28.6 Å². The first kappa shape index (κ1) is 21.0. The number of nitrogens with zero attached hydrogens (tertiary/aromatic N) is 1. The number of allylic oxidation sites excluding steroid dienone is 1. The van der Waals surface area contributed by atoms with Crippen LogP contribution in [-0.2, 0) is 19.1 Å². The fourth-order valence-corrected chi connectivity index (χ4v) is 3.93. The van der Waals surface area contributed by atoms with Gasteiger partial charge in [0.25, 0.3) is 0 Å². The number of piperidine rings is 1. The molecule has 2 aliphatic heterocycles. The maximum absolute atomic E-state index is 13.1. The maximum atomic E-state index is 13.1. The summed E-state index contributed by atoms with van der Waals surface area (Å²) in [5.74, 6) is -1.45. The number of aliphatic hydroxyl groups is 1. The molecule has 156 valence electrons. The summed E-state index contributed by atoms with van der Waals surface area (Å²) in [6, 6.07) is 6.51. The molecule has 1 aromatic carbocycles. The molecule has 1 N–H and O–H groups in total. The summed E-state index contributed by atoms with van der Waals surface area (Å²) >= 11 is 0. The Balaban J connectivity index is 1.45. The number of hydrogen-bond acceptors (Lipinski definition) is 5. The minimum Gasteiger partial charge on any atom is -0.511 e. The Morgan fingerprint density at radius 1 is 1.17 bits per heavy atom. The van der Waals surface area contributed by atoms with Gasteiger partial charge in [-0.3, -0.25) is 9.59 Å². The monoisotopic (exact) mass is 403 g/mol. The van der Waals surface area contributed by atoms with E-state index in [4.69, 9.17) is 4.74 Å². The Morgan fingerprint density at radius 2 is 1.83 bits per heavy atom. The molecule has 0 spiro atoms. The lowest BCUT2D eigenvalue weighted by molar-refractivity contribution is -0.150. The molecule has 0 unspecified atom stereocenters. The molecule has 0 radical (unpaired) electrons. The lowest BCUT2D eigenvalue weighted by atomic mass is 9.89. The van der Waals surface area contributed by atoms with Crippen LogP contribution in [0, 0.1) is 5.82 Å². The molecule has 29 heavy (non-hydrogen) atoms. The third-order valence-corrected chi connectivity index (χ3v) is 5.55. The first-order valence-corrected chi connectivity index (χ1v) is 10.0. The number of likely N-dealkylation sites (tertiary alicyclic amines) is 1. The zero-order valence-corrected chi connectivity index (χ0v) is 16.5. The van der Waals surface area contributed by atoms with E-state index in [9.17, 15) is 23.9 Å². The number of hydrogen-bond donors (Lipinski definition) is 1. The second-order valence-corrected chi connectivity index (χ2v) is 7.73. The Morgan fingerprint density at radius 3 is 2.45 bits per heavy atom. The van der Waals surface area contributed by atoms with Gasteiger partial charge in [0.05, 0.1) is 0 Å². The van der Waals surface area contributed by atoms with Gasteiger partial charge in [0.2, 0.25) is 5.91 Å². The molecule has 6 nitrogen and oxygen atoms in total. The van der Waals surface area contributed by atoms with Crippen LogP contribution in [0.15, 0.2) is 35.6 Å². The number of rotatable bonds is 5. The maximum Gasteiger partial charge on any atom is 0.345 e. The highest BCUT2D eigenvalue weighted by molar-refractivity contribution is 6.19. The predicted octanol–water partition coefficient (Wildman–Crippen LogP) is 3.42. The van der Waals surface area contributed by atoms with Crippen molar-refractivity contribution in [2.45, 2.75) is 57.5 Å². The molecule has 2 fully saturated rings. The highest BCUT2D eigenvalue weighted by Gasteiger charge is 2.32. The van der Waals surface area contributed by atoms with Crippen molar-refractivity contribution in [1.29, 1.82) is 0 Å². The number of ketones is 1. The normalized spacial score (nSPS) is 22.4. The van der Waals surface area contributed by atoms with Crippen molar-refractivity contribution >= 4 is 17.7 Å². The number of esters is 1. The van der Waals surface area contributed by atoms with Gasteiger partial charge in [-0.1, -0.05) is 12.1 Å². The van der Waals surface area contributed by atoms with Crippen molar-refractivity contribution in [3.8, 4) is 0 Å². The Labute approximate surface area is 169 Å². The molecular weight excluding hydrogens is 377 g/mol. The summed E-state index contributed by atoms with van der Waals surface area (Å²) in [4.78, 5) is 38.0. The predicted molar refractivity (Wildman–Crippen MR) is 104 cm³/mol. The summed E-state index contributed by atoms with van der Waals surface area (Å²) in [5, 5.41) is 10.1. The molecule has 1 aromatic rings. The van der Waals surface area contributed by atoms with Gasteiger partial charge in [-0.2, -0.15) is 0 Å². The molecule has 1 amide bonds. The van der Waals surface area contributed by atoms with Crippen LogP contribution in [0.5, 0.6) is 0 Å². The Kier molecular flexibility index (Phi) is 6.67. The lowest BCUT2D eigenvalue weighted by Gasteiger charge is -2.32. The van der Waals surface area contributed by atoms with Crippen molar-refractivity contribution in [3.05, 3.63) is 47.0 Å². The molecule has 2 saturated heterocycles. The standard InChI is InChI=1S/C22H26FNO5/c1-14-13-19(26)21(22(28)29-14)18(25)3-2-4-20(27)24-11-9-16(10-12-24)15-5-7-17(23)8-6-15/h5-8,14,16,25H,2-4,9-13H2,1H3/b21-18+/t14-/m1/s1. The number of Topliss-reactive ketones (excluding diaryl/α,β-unsaturated/α-hetero) is 1. The Hall–Kier alpha value is -2.70. The van der Waals surface area contributed by atoms with E-state index < -0.39 is 17.9 Å². The van der Waals surface area contributed by atoms with Gasteiger partial charge in [-0.15, -0.1) is 0 Å². The van der Waals surface area contributed by atoms with Crippen LogP contribution in [0.25, 0.3) is 0 Å². The summed E-state index contributed by atoms with van der Waals surface area (Å²) < 4.78 is 18.0. The van der Waals surface area contributed by atoms with E-state index in [1.54, 1.807) is 24.0 Å². The second-order valence-electron chi connectivity index (χ2n) is 7.73. The molecule has 2 aliphatic rings.